The zero-order valence-corrected chi connectivity index (χ0v) is 19.5. The Kier molecular flexibility index (Phi) is 8.67. The van der Waals surface area contributed by atoms with Gasteiger partial charge < -0.3 is 30.3 Å². The lowest BCUT2D eigenvalue weighted by Crippen LogP contribution is -2.38. The molecule has 34 heavy (non-hydrogen) atoms. The van der Waals surface area contributed by atoms with Crippen molar-refractivity contribution < 1.29 is 14.2 Å². The van der Waals surface area contributed by atoms with Crippen molar-refractivity contribution in [3.05, 3.63) is 60.2 Å². The second-order valence-electron chi connectivity index (χ2n) is 8.24. The molecule has 2 fully saturated rings. The van der Waals surface area contributed by atoms with Gasteiger partial charge in [0, 0.05) is 56.8 Å². The van der Waals surface area contributed by atoms with Gasteiger partial charge in [0.25, 0.3) is 0 Å². The van der Waals surface area contributed by atoms with E-state index in [9.17, 15) is 0 Å². The van der Waals surface area contributed by atoms with Gasteiger partial charge in [-0.3, -0.25) is 4.90 Å². The van der Waals surface area contributed by atoms with Crippen LogP contribution in [0.1, 0.15) is 5.56 Å². The van der Waals surface area contributed by atoms with E-state index in [1.807, 2.05) is 42.5 Å². The minimum Gasteiger partial charge on any atom is -0.476 e. The molecule has 2 aliphatic rings. The maximum Gasteiger partial charge on any atom is 0.217 e. The summed E-state index contributed by atoms with van der Waals surface area (Å²) in [5.74, 6) is 1.08. The summed E-state index contributed by atoms with van der Waals surface area (Å²) in [7, 11) is 0. The van der Waals surface area contributed by atoms with E-state index in [2.05, 4.69) is 26.9 Å². The summed E-state index contributed by atoms with van der Waals surface area (Å²) in [4.78, 5) is 8.84. The lowest BCUT2D eigenvalue weighted by Gasteiger charge is -2.29. The van der Waals surface area contributed by atoms with Crippen LogP contribution in [0.25, 0.3) is 10.8 Å². The minimum absolute atomic E-state index is 0.491. The molecule has 8 nitrogen and oxygen atoms in total. The molecule has 0 aliphatic carbocycles. The summed E-state index contributed by atoms with van der Waals surface area (Å²) in [6.45, 7) is 8.26. The van der Waals surface area contributed by atoms with Crippen molar-refractivity contribution in [2.75, 3.05) is 76.4 Å². The van der Waals surface area contributed by atoms with E-state index in [0.29, 0.717) is 18.3 Å². The second kappa shape index (κ2) is 12.3. The van der Waals surface area contributed by atoms with Crippen LogP contribution < -0.4 is 15.4 Å². The smallest absolute Gasteiger partial charge is 0.217 e. The van der Waals surface area contributed by atoms with Crippen molar-refractivity contribution in [3.8, 4) is 5.88 Å². The summed E-state index contributed by atoms with van der Waals surface area (Å²) < 4.78 is 16.5. The van der Waals surface area contributed by atoms with Gasteiger partial charge in [0.15, 0.2) is 0 Å². The number of ether oxygens (including phenoxy) is 3. The number of rotatable bonds is 6. The number of nitrogen functional groups attached to an aromatic ring is 1. The number of nitrogens with one attached hydrogen (secondary N) is 1. The zero-order chi connectivity index (χ0) is 23.6. The monoisotopic (exact) mass is 463 g/mol. The van der Waals surface area contributed by atoms with Crippen LogP contribution in [0.3, 0.4) is 0 Å². The molecule has 2 saturated heterocycles. The first-order valence-corrected chi connectivity index (χ1v) is 11.7. The van der Waals surface area contributed by atoms with Gasteiger partial charge in [-0.25, -0.2) is 0 Å². The topological polar surface area (TPSA) is 96.9 Å². The molecule has 5 rings (SSSR count). The number of nitrogens with zero attached hydrogens (tertiary/aromatic N) is 3. The van der Waals surface area contributed by atoms with Crippen LogP contribution in [-0.4, -0.2) is 81.9 Å². The molecule has 2 aliphatic heterocycles. The Bertz CT molecular complexity index is 1070. The number of fused-ring (bicyclic) bond motifs is 1. The Morgan fingerprint density at radius 1 is 0.912 bits per heavy atom. The molecule has 3 heterocycles. The SMILES string of the molecule is N=Cc1ccc2ccccc2c1.Nc1cc(N2CCOCC2)cc(OCCN2CCOCC2)n1. The number of morpholine rings is 2. The molecule has 2 aromatic carbocycles. The average Bonchev–Trinajstić information content (AvgIpc) is 2.89. The molecule has 0 amide bonds. The first-order valence-electron chi connectivity index (χ1n) is 11.7. The molecular formula is C26H33N5O3. The third kappa shape index (κ3) is 6.90. The first-order chi connectivity index (χ1) is 16.7. The number of anilines is 2. The Morgan fingerprint density at radius 3 is 2.35 bits per heavy atom. The van der Waals surface area contributed by atoms with Gasteiger partial charge in [-0.2, -0.15) is 4.98 Å². The standard InChI is InChI=1S/C15H24N4O3.C11H9N/c16-14-11-13(19-4-8-21-9-5-19)12-15(17-14)22-10-3-18-1-6-20-7-2-18;12-8-9-5-6-10-3-1-2-4-11(10)7-9/h11-12H,1-10H2,(H2,16,17);1-8,12H. The predicted molar refractivity (Wildman–Crippen MR) is 136 cm³/mol. The predicted octanol–water partition coefficient (Wildman–Crippen LogP) is 3.05. The van der Waals surface area contributed by atoms with Crippen molar-refractivity contribution >= 4 is 28.5 Å². The van der Waals surface area contributed by atoms with Gasteiger partial charge in [-0.1, -0.05) is 36.4 Å². The van der Waals surface area contributed by atoms with Crippen LogP contribution in [0.4, 0.5) is 11.5 Å². The van der Waals surface area contributed by atoms with Gasteiger partial charge in [0.2, 0.25) is 5.88 Å². The average molecular weight is 464 g/mol. The fourth-order valence-electron chi connectivity index (χ4n) is 3.99. The van der Waals surface area contributed by atoms with Crippen molar-refractivity contribution in [1.82, 2.24) is 9.88 Å². The van der Waals surface area contributed by atoms with Gasteiger partial charge in [-0.05, 0) is 22.4 Å². The summed E-state index contributed by atoms with van der Waals surface area (Å²) in [5, 5.41) is 9.51. The van der Waals surface area contributed by atoms with Crippen molar-refractivity contribution in [2.45, 2.75) is 0 Å². The molecule has 1 aromatic heterocycles. The molecule has 0 atom stereocenters. The quantitative estimate of drug-likeness (QED) is 0.542. The Balaban J connectivity index is 0.000000192. The number of pyridine rings is 1. The lowest BCUT2D eigenvalue weighted by molar-refractivity contribution is 0.0320. The van der Waals surface area contributed by atoms with Crippen LogP contribution in [0.2, 0.25) is 0 Å². The fraction of sp³-hybridized carbons (Fsp3) is 0.385. The molecular weight excluding hydrogens is 430 g/mol. The molecule has 0 unspecified atom stereocenters. The van der Waals surface area contributed by atoms with Crippen LogP contribution in [0.15, 0.2) is 54.6 Å². The van der Waals surface area contributed by atoms with Gasteiger partial charge >= 0.3 is 0 Å². The minimum atomic E-state index is 0.491. The third-order valence-corrected chi connectivity index (χ3v) is 5.88. The number of nitrogens with two attached hydrogens (primary N) is 1. The number of benzene rings is 2. The summed E-state index contributed by atoms with van der Waals surface area (Å²) in [5.41, 5.74) is 7.91. The molecule has 0 radical (unpaired) electrons. The van der Waals surface area contributed by atoms with E-state index in [-0.39, 0.29) is 0 Å². The highest BCUT2D eigenvalue weighted by molar-refractivity contribution is 5.89. The summed E-state index contributed by atoms with van der Waals surface area (Å²) in [6, 6.07) is 18.0. The Hall–Kier alpha value is -3.20. The molecule has 0 bridgehead atoms. The fourth-order valence-corrected chi connectivity index (χ4v) is 3.99. The Morgan fingerprint density at radius 2 is 1.62 bits per heavy atom. The summed E-state index contributed by atoms with van der Waals surface area (Å²) in [6.07, 6.45) is 1.37. The molecule has 3 N–H and O–H groups in total. The highest BCUT2D eigenvalue weighted by atomic mass is 16.5. The van der Waals surface area contributed by atoms with E-state index < -0.39 is 0 Å². The molecule has 180 valence electrons. The number of hydrogen-bond acceptors (Lipinski definition) is 8. The van der Waals surface area contributed by atoms with E-state index >= 15 is 0 Å². The van der Waals surface area contributed by atoms with Crippen LogP contribution in [0.5, 0.6) is 5.88 Å². The van der Waals surface area contributed by atoms with Gasteiger partial charge in [0.05, 0.1) is 26.4 Å². The number of hydrogen-bond donors (Lipinski definition) is 2. The molecule has 3 aromatic rings. The van der Waals surface area contributed by atoms with Gasteiger partial charge in [0.1, 0.15) is 12.4 Å². The van der Waals surface area contributed by atoms with Crippen LogP contribution in [-0.2, 0) is 9.47 Å². The van der Waals surface area contributed by atoms with E-state index in [4.69, 9.17) is 25.4 Å². The summed E-state index contributed by atoms with van der Waals surface area (Å²) >= 11 is 0. The highest BCUT2D eigenvalue weighted by Crippen LogP contribution is 2.23. The number of aromatic nitrogens is 1. The largest absolute Gasteiger partial charge is 0.476 e. The van der Waals surface area contributed by atoms with Crippen molar-refractivity contribution in [2.24, 2.45) is 0 Å². The van der Waals surface area contributed by atoms with E-state index in [0.717, 1.165) is 70.4 Å². The van der Waals surface area contributed by atoms with Crippen molar-refractivity contribution in [3.63, 3.8) is 0 Å². The molecule has 8 heteroatoms. The zero-order valence-electron chi connectivity index (χ0n) is 19.5. The highest BCUT2D eigenvalue weighted by Gasteiger charge is 2.14. The maximum atomic E-state index is 7.09. The lowest BCUT2D eigenvalue weighted by atomic mass is 10.1. The second-order valence-corrected chi connectivity index (χ2v) is 8.24. The Labute approximate surface area is 200 Å². The third-order valence-electron chi connectivity index (χ3n) is 5.88. The first kappa shape index (κ1) is 23.9. The van der Waals surface area contributed by atoms with Crippen LogP contribution in [0, 0.1) is 5.41 Å². The van der Waals surface area contributed by atoms with Gasteiger partial charge in [-0.15, -0.1) is 0 Å². The normalized spacial score (nSPS) is 16.5. The van der Waals surface area contributed by atoms with Crippen LogP contribution >= 0.6 is 0 Å². The molecule has 0 spiro atoms. The van der Waals surface area contributed by atoms with Crippen molar-refractivity contribution in [1.29, 1.82) is 5.41 Å². The van der Waals surface area contributed by atoms with E-state index in [1.54, 1.807) is 0 Å². The maximum absolute atomic E-state index is 7.09. The molecule has 0 saturated carbocycles. The van der Waals surface area contributed by atoms with E-state index in [1.165, 1.54) is 17.0 Å².